The van der Waals surface area contributed by atoms with Crippen LogP contribution < -0.4 is 0 Å². The molecule has 1 aromatic carbocycles. The van der Waals surface area contributed by atoms with E-state index in [1.54, 1.807) is 6.07 Å². The highest BCUT2D eigenvalue weighted by Gasteiger charge is 2.37. The topological polar surface area (TPSA) is 29.5 Å². The molecule has 2 unspecified atom stereocenters. The minimum absolute atomic E-state index is 0.352. The molecule has 17 heavy (non-hydrogen) atoms. The minimum atomic E-state index is -0.618. The molecule has 1 aliphatic heterocycles. The predicted molar refractivity (Wildman–Crippen MR) is 64.7 cm³/mol. The summed E-state index contributed by atoms with van der Waals surface area (Å²) in [6, 6.07) is 4.23. The molecule has 1 fully saturated rings. The second-order valence-electron chi connectivity index (χ2n) is 4.72. The Morgan fingerprint density at radius 3 is 2.94 bits per heavy atom. The van der Waals surface area contributed by atoms with Crippen molar-refractivity contribution in [3.63, 3.8) is 0 Å². The molecule has 1 N–H and O–H groups in total. The van der Waals surface area contributed by atoms with Crippen LogP contribution in [0, 0.1) is 5.82 Å². The van der Waals surface area contributed by atoms with E-state index in [4.69, 9.17) is 16.3 Å². The number of hydrogen-bond acceptors (Lipinski definition) is 2. The molecule has 0 aromatic heterocycles. The van der Waals surface area contributed by atoms with Gasteiger partial charge in [-0.3, -0.25) is 0 Å². The summed E-state index contributed by atoms with van der Waals surface area (Å²) in [5.41, 5.74) is 0.245. The van der Waals surface area contributed by atoms with E-state index in [2.05, 4.69) is 0 Å². The minimum Gasteiger partial charge on any atom is -0.390 e. The molecule has 2 nitrogen and oxygen atoms in total. The van der Waals surface area contributed by atoms with Gasteiger partial charge in [0.1, 0.15) is 5.82 Å². The van der Waals surface area contributed by atoms with E-state index in [0.29, 0.717) is 18.1 Å². The van der Waals surface area contributed by atoms with Crippen LogP contribution in [0.15, 0.2) is 18.2 Å². The first-order chi connectivity index (χ1) is 8.01. The fourth-order valence-electron chi connectivity index (χ4n) is 2.17. The van der Waals surface area contributed by atoms with Crippen molar-refractivity contribution in [2.24, 2.45) is 0 Å². The summed E-state index contributed by atoms with van der Waals surface area (Å²) < 4.78 is 18.5. The fourth-order valence-corrected chi connectivity index (χ4v) is 2.42. The molecule has 0 radical (unpaired) electrons. The van der Waals surface area contributed by atoms with E-state index < -0.39 is 11.7 Å². The number of benzene rings is 1. The maximum atomic E-state index is 12.9. The molecule has 0 aliphatic carbocycles. The van der Waals surface area contributed by atoms with Crippen molar-refractivity contribution in [1.82, 2.24) is 0 Å². The van der Waals surface area contributed by atoms with Crippen LogP contribution in [0.3, 0.4) is 0 Å². The van der Waals surface area contributed by atoms with Gasteiger partial charge in [0, 0.05) is 18.1 Å². The Hall–Kier alpha value is -0.640. The first kappa shape index (κ1) is 12.8. The van der Waals surface area contributed by atoms with E-state index in [9.17, 15) is 9.50 Å². The quantitative estimate of drug-likeness (QED) is 0.903. The Balaban J connectivity index is 2.10. The Labute approximate surface area is 105 Å². The van der Waals surface area contributed by atoms with Crippen LogP contribution in [0.1, 0.15) is 25.3 Å². The number of aliphatic hydroxyl groups is 1. The first-order valence-electron chi connectivity index (χ1n) is 5.77. The largest absolute Gasteiger partial charge is 0.390 e. The molecule has 1 heterocycles. The van der Waals surface area contributed by atoms with E-state index in [-0.39, 0.29) is 5.82 Å². The average molecular weight is 259 g/mol. The van der Waals surface area contributed by atoms with Gasteiger partial charge in [-0.25, -0.2) is 4.39 Å². The SMILES string of the molecule is CC1(C(O)Cc2ccc(F)cc2Cl)CCCO1. The molecular weight excluding hydrogens is 243 g/mol. The van der Waals surface area contributed by atoms with Gasteiger partial charge >= 0.3 is 0 Å². The summed E-state index contributed by atoms with van der Waals surface area (Å²) in [5, 5.41) is 10.5. The van der Waals surface area contributed by atoms with Crippen LogP contribution >= 0.6 is 11.6 Å². The monoisotopic (exact) mass is 258 g/mol. The Morgan fingerprint density at radius 2 is 2.35 bits per heavy atom. The molecule has 2 atom stereocenters. The first-order valence-corrected chi connectivity index (χ1v) is 6.15. The number of rotatable bonds is 3. The van der Waals surface area contributed by atoms with Crippen molar-refractivity contribution in [2.75, 3.05) is 6.61 Å². The van der Waals surface area contributed by atoms with Gasteiger partial charge in [0.25, 0.3) is 0 Å². The molecule has 0 amide bonds. The zero-order chi connectivity index (χ0) is 12.5. The summed E-state index contributed by atoms with van der Waals surface area (Å²) >= 11 is 5.93. The van der Waals surface area contributed by atoms with Gasteiger partial charge in [0.15, 0.2) is 0 Å². The van der Waals surface area contributed by atoms with Crippen LogP contribution in [0.4, 0.5) is 4.39 Å². The number of aliphatic hydroxyl groups excluding tert-OH is 1. The molecule has 0 spiro atoms. The maximum absolute atomic E-state index is 12.9. The third-order valence-corrected chi connectivity index (χ3v) is 3.73. The van der Waals surface area contributed by atoms with E-state index in [0.717, 1.165) is 18.4 Å². The summed E-state index contributed by atoms with van der Waals surface area (Å²) in [7, 11) is 0. The van der Waals surface area contributed by atoms with Crippen LogP contribution in [0.5, 0.6) is 0 Å². The molecule has 1 saturated heterocycles. The predicted octanol–water partition coefficient (Wildman–Crippen LogP) is 2.95. The van der Waals surface area contributed by atoms with Crippen molar-refractivity contribution in [3.8, 4) is 0 Å². The zero-order valence-electron chi connectivity index (χ0n) is 9.75. The normalized spacial score (nSPS) is 26.1. The lowest BCUT2D eigenvalue weighted by atomic mass is 9.91. The van der Waals surface area contributed by atoms with Crippen molar-refractivity contribution in [3.05, 3.63) is 34.6 Å². The highest BCUT2D eigenvalue weighted by atomic mass is 35.5. The third kappa shape index (κ3) is 2.79. The van der Waals surface area contributed by atoms with E-state index >= 15 is 0 Å². The lowest BCUT2D eigenvalue weighted by Gasteiger charge is -2.29. The van der Waals surface area contributed by atoms with Gasteiger partial charge in [-0.2, -0.15) is 0 Å². The number of ether oxygens (including phenoxy) is 1. The summed E-state index contributed by atoms with van der Waals surface area (Å²) in [4.78, 5) is 0. The zero-order valence-corrected chi connectivity index (χ0v) is 10.5. The molecule has 0 saturated carbocycles. The summed E-state index contributed by atoms with van der Waals surface area (Å²) in [6.45, 7) is 2.59. The van der Waals surface area contributed by atoms with Gasteiger partial charge < -0.3 is 9.84 Å². The van der Waals surface area contributed by atoms with E-state index in [1.165, 1.54) is 12.1 Å². The summed E-state index contributed by atoms with van der Waals surface area (Å²) in [6.07, 6.45) is 1.57. The smallest absolute Gasteiger partial charge is 0.124 e. The van der Waals surface area contributed by atoms with Crippen molar-refractivity contribution < 1.29 is 14.2 Å². The molecular formula is C13H16ClFO2. The van der Waals surface area contributed by atoms with Crippen molar-refractivity contribution in [2.45, 2.75) is 37.9 Å². The van der Waals surface area contributed by atoms with Crippen LogP contribution in [0.2, 0.25) is 5.02 Å². The average Bonchev–Trinajstić information content (AvgIpc) is 2.71. The van der Waals surface area contributed by atoms with Gasteiger partial charge in [-0.1, -0.05) is 17.7 Å². The Kier molecular flexibility index (Phi) is 3.71. The van der Waals surface area contributed by atoms with Crippen LogP contribution in [0.25, 0.3) is 0 Å². The molecule has 1 aliphatic rings. The number of halogens is 2. The lowest BCUT2D eigenvalue weighted by molar-refractivity contribution is -0.0768. The molecule has 2 rings (SSSR count). The van der Waals surface area contributed by atoms with Crippen LogP contribution in [-0.2, 0) is 11.2 Å². The van der Waals surface area contributed by atoms with Gasteiger partial charge in [0.2, 0.25) is 0 Å². The highest BCUT2D eigenvalue weighted by molar-refractivity contribution is 6.31. The second kappa shape index (κ2) is 4.92. The molecule has 94 valence electrons. The van der Waals surface area contributed by atoms with E-state index in [1.807, 2.05) is 6.92 Å². The van der Waals surface area contributed by atoms with Crippen molar-refractivity contribution in [1.29, 1.82) is 0 Å². The molecule has 1 aromatic rings. The summed E-state index contributed by atoms with van der Waals surface area (Å²) in [5.74, 6) is -0.364. The molecule has 0 bridgehead atoms. The third-order valence-electron chi connectivity index (χ3n) is 3.38. The Bertz CT molecular complexity index is 402. The van der Waals surface area contributed by atoms with Gasteiger partial charge in [-0.05, 0) is 37.5 Å². The molecule has 4 heteroatoms. The van der Waals surface area contributed by atoms with Gasteiger partial charge in [0.05, 0.1) is 11.7 Å². The second-order valence-corrected chi connectivity index (χ2v) is 5.13. The van der Waals surface area contributed by atoms with Crippen LogP contribution in [-0.4, -0.2) is 23.4 Å². The maximum Gasteiger partial charge on any atom is 0.124 e. The standard InChI is InChI=1S/C13H16ClFO2/c1-13(5-2-6-17-13)12(16)7-9-3-4-10(15)8-11(9)14/h3-4,8,12,16H,2,5-7H2,1H3. The lowest BCUT2D eigenvalue weighted by Crippen LogP contribution is -2.40. The van der Waals surface area contributed by atoms with Crippen molar-refractivity contribution >= 4 is 11.6 Å². The highest BCUT2D eigenvalue weighted by Crippen LogP contribution is 2.31. The number of hydrogen-bond donors (Lipinski definition) is 1. The van der Waals surface area contributed by atoms with Gasteiger partial charge in [-0.15, -0.1) is 0 Å². The Morgan fingerprint density at radius 1 is 1.59 bits per heavy atom. The fraction of sp³-hybridized carbons (Fsp3) is 0.538.